The fourth-order valence-electron chi connectivity index (χ4n) is 2.97. The summed E-state index contributed by atoms with van der Waals surface area (Å²) in [5.41, 5.74) is 2.35. The molecule has 19 heavy (non-hydrogen) atoms. The minimum atomic E-state index is 0.666. The van der Waals surface area contributed by atoms with Crippen molar-refractivity contribution in [2.75, 3.05) is 32.7 Å². The van der Waals surface area contributed by atoms with Crippen LogP contribution in [0.2, 0.25) is 0 Å². The van der Waals surface area contributed by atoms with E-state index in [9.17, 15) is 0 Å². The fourth-order valence-corrected chi connectivity index (χ4v) is 2.97. The van der Waals surface area contributed by atoms with Gasteiger partial charge in [-0.15, -0.1) is 0 Å². The number of piperazine rings is 1. The molecule has 102 valence electrons. The van der Waals surface area contributed by atoms with Crippen molar-refractivity contribution >= 4 is 11.0 Å². The normalized spacial score (nSPS) is 18.8. The first kappa shape index (κ1) is 12.7. The molecule has 2 heterocycles. The van der Waals surface area contributed by atoms with Gasteiger partial charge in [0, 0.05) is 38.1 Å². The predicted octanol–water partition coefficient (Wildman–Crippen LogP) is 2.52. The van der Waals surface area contributed by atoms with E-state index in [4.69, 9.17) is 4.42 Å². The average molecular weight is 258 g/mol. The van der Waals surface area contributed by atoms with Crippen molar-refractivity contribution in [2.45, 2.75) is 13.3 Å². The van der Waals surface area contributed by atoms with Crippen LogP contribution >= 0.6 is 0 Å². The minimum absolute atomic E-state index is 0.666. The van der Waals surface area contributed by atoms with Crippen molar-refractivity contribution in [1.82, 2.24) is 10.2 Å². The second-order valence-corrected chi connectivity index (χ2v) is 5.62. The average Bonchev–Trinajstić information content (AvgIpc) is 2.83. The van der Waals surface area contributed by atoms with E-state index in [0.29, 0.717) is 5.92 Å². The Balaban J connectivity index is 1.63. The van der Waals surface area contributed by atoms with Gasteiger partial charge in [0.05, 0.1) is 6.26 Å². The van der Waals surface area contributed by atoms with Crippen LogP contribution < -0.4 is 5.32 Å². The number of hydrogen-bond donors (Lipinski definition) is 1. The Morgan fingerprint density at radius 3 is 2.89 bits per heavy atom. The molecule has 1 aliphatic heterocycles. The maximum absolute atomic E-state index is 5.62. The molecule has 2 aromatic rings. The molecule has 0 amide bonds. The predicted molar refractivity (Wildman–Crippen MR) is 78.4 cm³/mol. The van der Waals surface area contributed by atoms with E-state index in [1.54, 1.807) is 0 Å². The van der Waals surface area contributed by atoms with Crippen LogP contribution in [0.15, 0.2) is 34.9 Å². The molecule has 0 spiro atoms. The molecule has 3 heteroatoms. The van der Waals surface area contributed by atoms with Crippen molar-refractivity contribution in [3.63, 3.8) is 0 Å². The molecule has 1 aliphatic rings. The summed E-state index contributed by atoms with van der Waals surface area (Å²) >= 11 is 0. The number of rotatable bonds is 4. The highest BCUT2D eigenvalue weighted by Gasteiger charge is 2.15. The Bertz CT molecular complexity index is 528. The van der Waals surface area contributed by atoms with Gasteiger partial charge < -0.3 is 14.6 Å². The van der Waals surface area contributed by atoms with Gasteiger partial charge in [-0.25, -0.2) is 0 Å². The SMILES string of the molecule is CC(Cc1coc2ccccc12)CN1CCNCC1. The fraction of sp³-hybridized carbons (Fsp3) is 0.500. The summed E-state index contributed by atoms with van der Waals surface area (Å²) in [6.07, 6.45) is 3.03. The monoisotopic (exact) mass is 258 g/mol. The van der Waals surface area contributed by atoms with Crippen molar-refractivity contribution in [3.05, 3.63) is 36.1 Å². The molecule has 1 unspecified atom stereocenters. The number of furan rings is 1. The smallest absolute Gasteiger partial charge is 0.134 e. The molecule has 0 aliphatic carbocycles. The Hall–Kier alpha value is -1.32. The van der Waals surface area contributed by atoms with Crippen molar-refractivity contribution < 1.29 is 4.42 Å². The van der Waals surface area contributed by atoms with Crippen molar-refractivity contribution in [2.24, 2.45) is 5.92 Å². The van der Waals surface area contributed by atoms with Crippen LogP contribution in [0.1, 0.15) is 12.5 Å². The van der Waals surface area contributed by atoms with Crippen LogP contribution in [0.4, 0.5) is 0 Å². The summed E-state index contributed by atoms with van der Waals surface area (Å²) in [5, 5.41) is 4.67. The Morgan fingerprint density at radius 2 is 2.05 bits per heavy atom. The first-order chi connectivity index (χ1) is 9.33. The molecular formula is C16H22N2O. The molecule has 0 saturated carbocycles. The van der Waals surface area contributed by atoms with Gasteiger partial charge in [0.25, 0.3) is 0 Å². The topological polar surface area (TPSA) is 28.4 Å². The summed E-state index contributed by atoms with van der Waals surface area (Å²) in [7, 11) is 0. The van der Waals surface area contributed by atoms with Crippen LogP contribution in [-0.2, 0) is 6.42 Å². The lowest BCUT2D eigenvalue weighted by Gasteiger charge is -2.29. The van der Waals surface area contributed by atoms with Gasteiger partial charge in [-0.3, -0.25) is 0 Å². The van der Waals surface area contributed by atoms with Crippen molar-refractivity contribution in [3.8, 4) is 0 Å². The van der Waals surface area contributed by atoms with Crippen LogP contribution in [0.5, 0.6) is 0 Å². The molecule has 0 bridgehead atoms. The van der Waals surface area contributed by atoms with E-state index in [1.807, 2.05) is 18.4 Å². The van der Waals surface area contributed by atoms with Gasteiger partial charge in [-0.1, -0.05) is 25.1 Å². The number of fused-ring (bicyclic) bond motifs is 1. The maximum Gasteiger partial charge on any atom is 0.134 e. The summed E-state index contributed by atoms with van der Waals surface area (Å²) in [6.45, 7) is 8.13. The Kier molecular flexibility index (Phi) is 3.85. The molecule has 1 aromatic heterocycles. The highest BCUT2D eigenvalue weighted by atomic mass is 16.3. The van der Waals surface area contributed by atoms with E-state index in [1.165, 1.54) is 30.6 Å². The second kappa shape index (κ2) is 5.76. The molecule has 1 atom stereocenters. The zero-order chi connectivity index (χ0) is 13.1. The van der Waals surface area contributed by atoms with Crippen LogP contribution in [0.25, 0.3) is 11.0 Å². The third kappa shape index (κ3) is 2.99. The Labute approximate surface area is 114 Å². The zero-order valence-corrected chi connectivity index (χ0v) is 11.6. The highest BCUT2D eigenvalue weighted by Crippen LogP contribution is 2.23. The number of nitrogens with one attached hydrogen (secondary N) is 1. The summed E-state index contributed by atoms with van der Waals surface area (Å²) in [5.74, 6) is 0.666. The molecule has 1 saturated heterocycles. The highest BCUT2D eigenvalue weighted by molar-refractivity contribution is 5.80. The molecule has 1 aromatic carbocycles. The van der Waals surface area contributed by atoms with Gasteiger partial charge in [0.2, 0.25) is 0 Å². The van der Waals surface area contributed by atoms with Crippen molar-refractivity contribution in [1.29, 1.82) is 0 Å². The third-order valence-electron chi connectivity index (χ3n) is 3.91. The molecule has 0 radical (unpaired) electrons. The lowest BCUT2D eigenvalue weighted by molar-refractivity contribution is 0.211. The van der Waals surface area contributed by atoms with Gasteiger partial charge in [0.15, 0.2) is 0 Å². The summed E-state index contributed by atoms with van der Waals surface area (Å²) in [4.78, 5) is 2.56. The van der Waals surface area contributed by atoms with E-state index in [0.717, 1.165) is 25.1 Å². The maximum atomic E-state index is 5.62. The lowest BCUT2D eigenvalue weighted by atomic mass is 10.00. The van der Waals surface area contributed by atoms with E-state index >= 15 is 0 Å². The van der Waals surface area contributed by atoms with Crippen LogP contribution in [0.3, 0.4) is 0 Å². The zero-order valence-electron chi connectivity index (χ0n) is 11.6. The number of para-hydroxylation sites is 1. The molecule has 3 nitrogen and oxygen atoms in total. The quantitative estimate of drug-likeness (QED) is 0.913. The van der Waals surface area contributed by atoms with Gasteiger partial charge in [-0.05, 0) is 24.0 Å². The standard InChI is InChI=1S/C16H22N2O/c1-13(11-18-8-6-17-7-9-18)10-14-12-19-16-5-3-2-4-15(14)16/h2-5,12-13,17H,6-11H2,1H3. The first-order valence-electron chi connectivity index (χ1n) is 7.21. The molecule has 1 fully saturated rings. The molecular weight excluding hydrogens is 236 g/mol. The third-order valence-corrected chi connectivity index (χ3v) is 3.91. The van der Waals surface area contributed by atoms with Crippen LogP contribution in [-0.4, -0.2) is 37.6 Å². The number of nitrogens with zero attached hydrogens (tertiary/aromatic N) is 1. The van der Waals surface area contributed by atoms with E-state index in [2.05, 4.69) is 29.3 Å². The summed E-state index contributed by atoms with van der Waals surface area (Å²) < 4.78 is 5.62. The first-order valence-corrected chi connectivity index (χ1v) is 7.21. The summed E-state index contributed by atoms with van der Waals surface area (Å²) in [6, 6.07) is 8.31. The minimum Gasteiger partial charge on any atom is -0.464 e. The molecule has 1 N–H and O–H groups in total. The van der Waals surface area contributed by atoms with E-state index < -0.39 is 0 Å². The molecule has 3 rings (SSSR count). The Morgan fingerprint density at radius 1 is 1.26 bits per heavy atom. The largest absolute Gasteiger partial charge is 0.464 e. The lowest BCUT2D eigenvalue weighted by Crippen LogP contribution is -2.45. The van der Waals surface area contributed by atoms with Gasteiger partial charge in [-0.2, -0.15) is 0 Å². The second-order valence-electron chi connectivity index (χ2n) is 5.62. The van der Waals surface area contributed by atoms with E-state index in [-0.39, 0.29) is 0 Å². The van der Waals surface area contributed by atoms with Gasteiger partial charge >= 0.3 is 0 Å². The number of benzene rings is 1. The number of hydrogen-bond acceptors (Lipinski definition) is 3. The van der Waals surface area contributed by atoms with Gasteiger partial charge in [0.1, 0.15) is 5.58 Å². The van der Waals surface area contributed by atoms with Crippen LogP contribution in [0, 0.1) is 5.92 Å².